The number of sulfonamides is 1. The molecule has 5 nitrogen and oxygen atoms in total. The normalized spacial score (nSPS) is 30.5. The molecule has 15 heteroatoms. The molecule has 1 heterocycles. The predicted octanol–water partition coefficient (Wildman–Crippen LogP) is 4.91. The molecule has 33 heavy (non-hydrogen) atoms. The van der Waals surface area contributed by atoms with Crippen LogP contribution in [-0.2, 0) is 15.6 Å². The highest BCUT2D eigenvalue weighted by molar-refractivity contribution is 8.48. The highest BCUT2D eigenvalue weighted by atomic mass is 32.5. The van der Waals surface area contributed by atoms with Gasteiger partial charge in [0.2, 0.25) is 10.0 Å². The zero-order valence-corrected chi connectivity index (χ0v) is 19.1. The van der Waals surface area contributed by atoms with Gasteiger partial charge in [-0.15, -0.1) is 0 Å². The van der Waals surface area contributed by atoms with Crippen LogP contribution in [0.2, 0.25) is 0 Å². The van der Waals surface area contributed by atoms with E-state index in [1.807, 2.05) is 0 Å². The lowest BCUT2D eigenvalue weighted by atomic mass is 9.85. The van der Waals surface area contributed by atoms with Crippen molar-refractivity contribution in [2.75, 3.05) is 19.8 Å². The number of rotatable bonds is 4. The van der Waals surface area contributed by atoms with E-state index >= 15 is 4.39 Å². The van der Waals surface area contributed by atoms with E-state index in [1.165, 1.54) is 21.0 Å². The van der Waals surface area contributed by atoms with Crippen LogP contribution in [0, 0.1) is 17.5 Å². The van der Waals surface area contributed by atoms with Gasteiger partial charge in [-0.1, -0.05) is 31.6 Å². The van der Waals surface area contributed by atoms with Gasteiger partial charge in [0.15, 0.2) is 11.6 Å². The predicted molar refractivity (Wildman–Crippen MR) is 109 cm³/mol. The third kappa shape index (κ3) is 4.78. The molecule has 188 valence electrons. The van der Waals surface area contributed by atoms with Crippen LogP contribution in [0.4, 0.5) is 32.6 Å². The Morgan fingerprint density at radius 1 is 1.15 bits per heavy atom. The highest BCUT2D eigenvalue weighted by Crippen LogP contribution is 3.02. The van der Waals surface area contributed by atoms with E-state index in [0.29, 0.717) is 12.1 Å². The minimum atomic E-state index is -10.00. The fourth-order valence-electron chi connectivity index (χ4n) is 3.92. The Kier molecular flexibility index (Phi) is 5.63. The zero-order chi connectivity index (χ0) is 25.3. The Morgan fingerprint density at radius 2 is 1.76 bits per heavy atom. The van der Waals surface area contributed by atoms with Crippen molar-refractivity contribution in [2.24, 2.45) is 0 Å². The molecule has 3 rings (SSSR count). The monoisotopic (exact) mass is 527 g/mol. The first kappa shape index (κ1) is 25.9. The Bertz CT molecular complexity index is 1170. The maximum Gasteiger partial charge on any atom is 0.310 e. The SMILES string of the molecule is CNC1NC(C)(c2cc(F)c(F)c(C3C=CC(S(F)(F)(F)(F)F)=CC3)c2F)CS(=O)(=O)N1C. The molecule has 0 aromatic heterocycles. The summed E-state index contributed by atoms with van der Waals surface area (Å²) < 4.78 is 135. The molecule has 3 atom stereocenters. The number of hydrogen-bond donors (Lipinski definition) is 2. The Labute approximate surface area is 185 Å². The van der Waals surface area contributed by atoms with Crippen LogP contribution in [0.15, 0.2) is 29.2 Å². The van der Waals surface area contributed by atoms with Gasteiger partial charge in [0, 0.05) is 24.1 Å². The van der Waals surface area contributed by atoms with Crippen molar-refractivity contribution in [1.82, 2.24) is 14.9 Å². The molecule has 1 saturated heterocycles. The lowest BCUT2D eigenvalue weighted by Gasteiger charge is -2.44. The standard InChI is InChI=1S/C18H21F8N3O2S2/c1-18(9-32(30,31)29(3)17(27-2)28-18)12-8-13(19)16(21)14(15(12)20)10-4-6-11(7-5-10)33(22,23,24,25)26/h4,6-8,10,17,27-28H,5,9H2,1-3H3. The van der Waals surface area contributed by atoms with Gasteiger partial charge in [0.05, 0.1) is 11.3 Å². The topological polar surface area (TPSA) is 61.4 Å². The van der Waals surface area contributed by atoms with E-state index in [-0.39, 0.29) is 12.2 Å². The van der Waals surface area contributed by atoms with E-state index in [1.54, 1.807) is 0 Å². The summed E-state index contributed by atoms with van der Waals surface area (Å²) in [6.07, 6.45) is -1.28. The van der Waals surface area contributed by atoms with Crippen molar-refractivity contribution in [2.45, 2.75) is 31.1 Å². The fraction of sp³-hybridized carbons (Fsp3) is 0.444. The smallest absolute Gasteiger partial charge is 0.292 e. The maximum absolute atomic E-state index is 15.5. The highest BCUT2D eigenvalue weighted by Gasteiger charge is 2.66. The van der Waals surface area contributed by atoms with Gasteiger partial charge in [0.25, 0.3) is 0 Å². The summed E-state index contributed by atoms with van der Waals surface area (Å²) in [7, 11) is -11.4. The van der Waals surface area contributed by atoms with Gasteiger partial charge in [0.1, 0.15) is 17.0 Å². The van der Waals surface area contributed by atoms with Crippen LogP contribution in [0.3, 0.4) is 0 Å². The minimum Gasteiger partial charge on any atom is -0.292 e. The minimum absolute atomic E-state index is 0.0101. The number of benzene rings is 1. The molecule has 1 aliphatic carbocycles. The Morgan fingerprint density at radius 3 is 2.24 bits per heavy atom. The van der Waals surface area contributed by atoms with Crippen LogP contribution in [0.5, 0.6) is 0 Å². The summed E-state index contributed by atoms with van der Waals surface area (Å²) >= 11 is 0. The largest absolute Gasteiger partial charge is 0.310 e. The van der Waals surface area contributed by atoms with Crippen LogP contribution in [-0.4, -0.2) is 38.9 Å². The molecule has 0 bridgehead atoms. The third-order valence-corrected chi connectivity index (χ3v) is 8.89. The lowest BCUT2D eigenvalue weighted by Crippen LogP contribution is -2.67. The van der Waals surface area contributed by atoms with Gasteiger partial charge < -0.3 is 0 Å². The molecule has 1 aromatic carbocycles. The van der Waals surface area contributed by atoms with Crippen LogP contribution in [0.25, 0.3) is 0 Å². The molecule has 0 radical (unpaired) electrons. The molecular formula is C18H21F8N3O2S2. The molecular weight excluding hydrogens is 506 g/mol. The second-order valence-corrected chi connectivity index (χ2v) is 12.6. The fourth-order valence-corrected chi connectivity index (χ4v) is 6.32. The number of nitrogens with zero attached hydrogens (tertiary/aromatic N) is 1. The van der Waals surface area contributed by atoms with Gasteiger partial charge in [-0.05, 0) is 32.5 Å². The summed E-state index contributed by atoms with van der Waals surface area (Å²) in [6.45, 7) is 1.24. The molecule has 0 spiro atoms. The first-order valence-corrected chi connectivity index (χ1v) is 13.0. The third-order valence-electron chi connectivity index (χ3n) is 5.67. The van der Waals surface area contributed by atoms with Crippen molar-refractivity contribution < 1.29 is 41.0 Å². The second-order valence-electron chi connectivity index (χ2n) is 8.16. The lowest BCUT2D eigenvalue weighted by molar-refractivity contribution is 0.183. The molecule has 0 saturated carbocycles. The molecule has 1 aliphatic heterocycles. The summed E-state index contributed by atoms with van der Waals surface area (Å²) in [5.74, 6) is -6.95. The first-order valence-electron chi connectivity index (χ1n) is 9.41. The Balaban J connectivity index is 2.09. The summed E-state index contributed by atoms with van der Waals surface area (Å²) in [6, 6.07) is 0.469. The van der Waals surface area contributed by atoms with Gasteiger partial charge in [-0.2, -0.15) is 4.31 Å². The van der Waals surface area contributed by atoms with E-state index in [4.69, 9.17) is 0 Å². The molecule has 0 amide bonds. The number of halogens is 8. The van der Waals surface area contributed by atoms with Crippen molar-refractivity contribution >= 4 is 20.2 Å². The maximum atomic E-state index is 15.5. The van der Waals surface area contributed by atoms with Crippen LogP contribution < -0.4 is 10.6 Å². The van der Waals surface area contributed by atoms with Gasteiger partial charge in [-0.3, -0.25) is 10.6 Å². The first-order chi connectivity index (χ1) is 14.7. The number of allylic oxidation sites excluding steroid dienone is 3. The quantitative estimate of drug-likeness (QED) is 0.432. The van der Waals surface area contributed by atoms with Gasteiger partial charge in [-0.25, -0.2) is 21.6 Å². The van der Waals surface area contributed by atoms with Crippen LogP contribution in [0.1, 0.15) is 30.4 Å². The number of hydrogen-bond acceptors (Lipinski definition) is 4. The second kappa shape index (κ2) is 7.16. The van der Waals surface area contributed by atoms with Crippen molar-refractivity contribution in [3.8, 4) is 0 Å². The molecule has 2 N–H and O–H groups in total. The Hall–Kier alpha value is -1.68. The molecule has 1 fully saturated rings. The average Bonchev–Trinajstić information content (AvgIpc) is 2.66. The zero-order valence-electron chi connectivity index (χ0n) is 17.5. The number of nitrogens with one attached hydrogen (secondary N) is 2. The van der Waals surface area contributed by atoms with E-state index in [0.717, 1.165) is 4.31 Å². The van der Waals surface area contributed by atoms with Crippen molar-refractivity contribution in [1.29, 1.82) is 0 Å². The summed E-state index contributed by atoms with van der Waals surface area (Å²) in [5, 5.41) is 5.43. The van der Waals surface area contributed by atoms with Crippen molar-refractivity contribution in [3.63, 3.8) is 0 Å². The van der Waals surface area contributed by atoms with Gasteiger partial charge >= 0.3 is 10.2 Å². The van der Waals surface area contributed by atoms with E-state index in [9.17, 15) is 36.6 Å². The molecule has 3 unspecified atom stereocenters. The summed E-state index contributed by atoms with van der Waals surface area (Å²) in [5.41, 5.74) is -3.33. The van der Waals surface area contributed by atoms with E-state index < -0.39 is 83.7 Å². The van der Waals surface area contributed by atoms with Crippen LogP contribution >= 0.6 is 10.2 Å². The molecule has 2 aliphatic rings. The van der Waals surface area contributed by atoms with Crippen molar-refractivity contribution in [3.05, 3.63) is 57.8 Å². The average molecular weight is 528 g/mol. The molecule has 1 aromatic rings. The van der Waals surface area contributed by atoms with E-state index in [2.05, 4.69) is 10.6 Å². The summed E-state index contributed by atoms with van der Waals surface area (Å²) in [4.78, 5) is -2.21.